The lowest BCUT2D eigenvalue weighted by atomic mass is 9.92. The van der Waals surface area contributed by atoms with Crippen LogP contribution in [0.5, 0.6) is 0 Å². The van der Waals surface area contributed by atoms with Gasteiger partial charge in [-0.05, 0) is 47.5 Å². The summed E-state index contributed by atoms with van der Waals surface area (Å²) in [4.78, 5) is 47.3. The number of rotatable bonds is 10. The van der Waals surface area contributed by atoms with Crippen molar-refractivity contribution < 1.29 is 34.1 Å². The van der Waals surface area contributed by atoms with Crippen LogP contribution in [0.25, 0.3) is 0 Å². The van der Waals surface area contributed by atoms with E-state index in [0.29, 0.717) is 11.1 Å². The van der Waals surface area contributed by atoms with Gasteiger partial charge in [0.2, 0.25) is 0 Å². The van der Waals surface area contributed by atoms with Crippen LogP contribution in [0.2, 0.25) is 20.1 Å². The lowest BCUT2D eigenvalue weighted by Gasteiger charge is -2.17. The fourth-order valence-electron chi connectivity index (χ4n) is 3.27. The summed E-state index contributed by atoms with van der Waals surface area (Å²) in [6.45, 7) is 0. The van der Waals surface area contributed by atoms with Crippen molar-refractivity contribution in [1.82, 2.24) is 0 Å². The molecular weight excluding hydrogens is 518 g/mol. The molecule has 0 aliphatic heterocycles. The van der Waals surface area contributed by atoms with Gasteiger partial charge in [-0.1, -0.05) is 46.4 Å². The van der Waals surface area contributed by atoms with Crippen LogP contribution in [-0.4, -0.2) is 34.1 Å². The predicted molar refractivity (Wildman–Crippen MR) is 123 cm³/mol. The molecule has 2 aromatic carbocycles. The van der Waals surface area contributed by atoms with E-state index in [-0.39, 0.29) is 20.1 Å². The summed E-state index contributed by atoms with van der Waals surface area (Å²) in [7, 11) is 0. The van der Waals surface area contributed by atoms with Gasteiger partial charge < -0.3 is 14.9 Å². The Hall–Kier alpha value is -2.32. The zero-order valence-corrected chi connectivity index (χ0v) is 19.9. The Morgan fingerprint density at radius 1 is 0.606 bits per heavy atom. The van der Waals surface area contributed by atoms with Crippen LogP contribution in [0.15, 0.2) is 36.4 Å². The fraction of sp³-hybridized carbons (Fsp3) is 0.273. The number of ether oxygens (including phenoxy) is 1. The predicted octanol–water partition coefficient (Wildman–Crippen LogP) is 5.97. The number of benzene rings is 2. The normalized spacial score (nSPS) is 12.6. The Morgan fingerprint density at radius 2 is 0.909 bits per heavy atom. The number of hydrogen-bond donors (Lipinski definition) is 2. The van der Waals surface area contributed by atoms with Crippen LogP contribution in [0, 0.1) is 0 Å². The van der Waals surface area contributed by atoms with Gasteiger partial charge in [0.25, 0.3) is 0 Å². The third kappa shape index (κ3) is 9.21. The molecule has 2 rings (SSSR count). The third-order valence-electron chi connectivity index (χ3n) is 4.61. The lowest BCUT2D eigenvalue weighted by molar-refractivity contribution is -0.160. The zero-order chi connectivity index (χ0) is 24.7. The minimum absolute atomic E-state index is 0.258. The van der Waals surface area contributed by atoms with E-state index in [9.17, 15) is 29.4 Å². The molecule has 11 heteroatoms. The highest BCUT2D eigenvalue weighted by molar-refractivity contribution is 6.35. The largest absolute Gasteiger partial charge is 0.481 e. The first-order valence-corrected chi connectivity index (χ1v) is 11.0. The number of aliphatic carboxylic acids is 2. The number of esters is 2. The maximum atomic E-state index is 12.4. The van der Waals surface area contributed by atoms with E-state index in [0.717, 1.165) is 0 Å². The molecule has 0 heterocycles. The average Bonchev–Trinajstić information content (AvgIpc) is 2.64. The summed E-state index contributed by atoms with van der Waals surface area (Å²) in [5, 5.41) is 19.4. The molecule has 176 valence electrons. The number of halogens is 4. The molecule has 2 unspecified atom stereocenters. The summed E-state index contributed by atoms with van der Waals surface area (Å²) >= 11 is 23.8. The van der Waals surface area contributed by atoms with E-state index in [1.54, 1.807) is 0 Å². The van der Waals surface area contributed by atoms with Gasteiger partial charge in [-0.15, -0.1) is 0 Å². The Kier molecular flexibility index (Phi) is 9.98. The smallest absolute Gasteiger partial charge is 0.314 e. The maximum absolute atomic E-state index is 12.4. The molecule has 0 radical (unpaired) electrons. The molecule has 2 N–H and O–H groups in total. The maximum Gasteiger partial charge on any atom is 0.314 e. The molecule has 7 nitrogen and oxygen atoms in total. The van der Waals surface area contributed by atoms with E-state index >= 15 is 0 Å². The molecule has 0 fully saturated rings. The van der Waals surface area contributed by atoms with E-state index in [2.05, 4.69) is 0 Å². The second-order valence-corrected chi connectivity index (χ2v) is 9.00. The van der Waals surface area contributed by atoms with Gasteiger partial charge in [-0.25, -0.2) is 0 Å². The minimum Gasteiger partial charge on any atom is -0.481 e. The van der Waals surface area contributed by atoms with Gasteiger partial charge in [-0.3, -0.25) is 19.2 Å². The molecular formula is C22H18Cl4O7. The van der Waals surface area contributed by atoms with Crippen LogP contribution in [0.4, 0.5) is 0 Å². The van der Waals surface area contributed by atoms with Crippen molar-refractivity contribution >= 4 is 70.3 Å². The second kappa shape index (κ2) is 12.2. The first-order chi connectivity index (χ1) is 15.4. The van der Waals surface area contributed by atoms with Crippen LogP contribution < -0.4 is 0 Å². The van der Waals surface area contributed by atoms with Crippen molar-refractivity contribution in [2.24, 2.45) is 0 Å². The van der Waals surface area contributed by atoms with E-state index in [4.69, 9.17) is 51.1 Å². The molecule has 33 heavy (non-hydrogen) atoms. The SMILES string of the molecule is O=C(O)CC(CC(=O)OC(=O)CC(CC(=O)O)c1cc(Cl)cc(Cl)c1)c1cc(Cl)cc(Cl)c1. The van der Waals surface area contributed by atoms with Crippen LogP contribution in [0.3, 0.4) is 0 Å². The minimum atomic E-state index is -1.17. The summed E-state index contributed by atoms with van der Waals surface area (Å²) in [6.07, 6.45) is -1.71. The van der Waals surface area contributed by atoms with E-state index < -0.39 is 61.4 Å². The van der Waals surface area contributed by atoms with Crippen LogP contribution >= 0.6 is 46.4 Å². The third-order valence-corrected chi connectivity index (χ3v) is 5.48. The average molecular weight is 536 g/mol. The molecule has 0 aliphatic rings. The highest BCUT2D eigenvalue weighted by Crippen LogP contribution is 2.31. The van der Waals surface area contributed by atoms with Gasteiger partial charge in [0, 0.05) is 31.9 Å². The van der Waals surface area contributed by atoms with Crippen molar-refractivity contribution in [2.45, 2.75) is 37.5 Å². The lowest BCUT2D eigenvalue weighted by Crippen LogP contribution is -2.19. The molecule has 0 saturated heterocycles. The summed E-state index contributed by atoms with van der Waals surface area (Å²) in [6, 6.07) is 8.81. The summed E-state index contributed by atoms with van der Waals surface area (Å²) < 4.78 is 4.84. The van der Waals surface area contributed by atoms with Gasteiger partial charge in [0.05, 0.1) is 25.7 Å². The molecule has 0 bridgehead atoms. The number of hydrogen-bond acceptors (Lipinski definition) is 5. The van der Waals surface area contributed by atoms with E-state index in [1.165, 1.54) is 36.4 Å². The first kappa shape index (κ1) is 26.9. The number of carbonyl (C=O) groups is 4. The Labute approximate surface area is 209 Å². The van der Waals surface area contributed by atoms with Crippen LogP contribution in [-0.2, 0) is 23.9 Å². The molecule has 0 aliphatic carbocycles. The molecule has 0 spiro atoms. The van der Waals surface area contributed by atoms with Crippen molar-refractivity contribution in [2.75, 3.05) is 0 Å². The second-order valence-electron chi connectivity index (χ2n) is 7.25. The van der Waals surface area contributed by atoms with Crippen molar-refractivity contribution in [1.29, 1.82) is 0 Å². The highest BCUT2D eigenvalue weighted by Gasteiger charge is 2.26. The number of carbonyl (C=O) groups excluding carboxylic acids is 2. The van der Waals surface area contributed by atoms with Crippen LogP contribution in [0.1, 0.15) is 48.6 Å². The standard InChI is InChI=1S/C22H18Cl4O7/c23-15-1-11(2-16(24)9-15)13(5-19(27)28)7-21(31)33-22(32)8-14(6-20(29)30)12-3-17(25)10-18(26)4-12/h1-4,9-10,13-14H,5-8H2,(H,27,28)(H,29,30). The molecule has 2 atom stereocenters. The molecule has 0 amide bonds. The molecule has 0 aromatic heterocycles. The molecule has 0 saturated carbocycles. The van der Waals surface area contributed by atoms with Crippen molar-refractivity contribution in [3.8, 4) is 0 Å². The number of carboxylic acids is 2. The quantitative estimate of drug-likeness (QED) is 0.284. The van der Waals surface area contributed by atoms with Gasteiger partial charge in [-0.2, -0.15) is 0 Å². The Morgan fingerprint density at radius 3 is 1.18 bits per heavy atom. The Bertz CT molecular complexity index is 947. The topological polar surface area (TPSA) is 118 Å². The summed E-state index contributed by atoms with van der Waals surface area (Å²) in [5.41, 5.74) is 0.799. The number of carboxylic acid groups (broad SMARTS) is 2. The van der Waals surface area contributed by atoms with Gasteiger partial charge in [0.15, 0.2) is 0 Å². The first-order valence-electron chi connectivity index (χ1n) is 9.52. The summed E-state index contributed by atoms with van der Waals surface area (Å²) in [5.74, 6) is -5.98. The van der Waals surface area contributed by atoms with Gasteiger partial charge in [0.1, 0.15) is 0 Å². The van der Waals surface area contributed by atoms with Crippen molar-refractivity contribution in [3.05, 3.63) is 67.6 Å². The van der Waals surface area contributed by atoms with Crippen molar-refractivity contribution in [3.63, 3.8) is 0 Å². The zero-order valence-electron chi connectivity index (χ0n) is 16.9. The Balaban J connectivity index is 2.13. The monoisotopic (exact) mass is 534 g/mol. The highest BCUT2D eigenvalue weighted by atomic mass is 35.5. The van der Waals surface area contributed by atoms with Gasteiger partial charge >= 0.3 is 23.9 Å². The molecule has 2 aromatic rings. The van der Waals surface area contributed by atoms with E-state index in [1.807, 2.05) is 0 Å². The fourth-order valence-corrected chi connectivity index (χ4v) is 4.36.